The number of piperidine rings is 2. The second kappa shape index (κ2) is 15.3. The maximum atomic E-state index is 13.3. The minimum absolute atomic E-state index is 0.166. The molecule has 0 bridgehead atoms. The van der Waals surface area contributed by atoms with Crippen LogP contribution in [0.5, 0.6) is 0 Å². The van der Waals surface area contributed by atoms with Crippen molar-refractivity contribution in [2.45, 2.75) is 82.6 Å². The van der Waals surface area contributed by atoms with E-state index < -0.39 is 11.9 Å². The smallest absolute Gasteiger partial charge is 0.256 e. The Morgan fingerprint density at radius 3 is 2.39 bits per heavy atom. The molecule has 1 unspecified atom stereocenters. The zero-order valence-corrected chi connectivity index (χ0v) is 33.0. The summed E-state index contributed by atoms with van der Waals surface area (Å²) in [6.45, 7) is 3.03. The number of para-hydroxylation sites is 1. The van der Waals surface area contributed by atoms with Gasteiger partial charge in [-0.05, 0) is 109 Å². The van der Waals surface area contributed by atoms with E-state index >= 15 is 0 Å². The third-order valence-corrected chi connectivity index (χ3v) is 12.4. The first kappa shape index (κ1) is 36.3. The van der Waals surface area contributed by atoms with Gasteiger partial charge >= 0.3 is 0 Å². The second-order valence-electron chi connectivity index (χ2n) is 15.5. The Kier molecular flexibility index (Phi) is 9.92. The van der Waals surface area contributed by atoms with Crippen LogP contribution in [0.3, 0.4) is 0 Å². The molecule has 14 heteroatoms. The Hall–Kier alpha value is -5.34. The van der Waals surface area contributed by atoms with Crippen molar-refractivity contribution in [3.8, 4) is 0 Å². The molecule has 1 atom stereocenters. The Bertz CT molecular complexity index is 2280. The molecule has 9 rings (SSSR count). The van der Waals surface area contributed by atoms with Crippen molar-refractivity contribution in [2.75, 3.05) is 35.7 Å². The van der Waals surface area contributed by atoms with Gasteiger partial charge in [0.15, 0.2) is 5.65 Å². The van der Waals surface area contributed by atoms with Gasteiger partial charge in [-0.1, -0.05) is 37.1 Å². The highest BCUT2D eigenvalue weighted by Gasteiger charge is 2.40. The third-order valence-electron chi connectivity index (χ3n) is 11.8. The number of carbonyl (C=O) groups is 3. The van der Waals surface area contributed by atoms with Gasteiger partial charge in [0.2, 0.25) is 23.7 Å². The van der Waals surface area contributed by atoms with Gasteiger partial charge in [0.05, 0.1) is 11.8 Å². The van der Waals surface area contributed by atoms with Crippen LogP contribution in [0, 0.1) is 0 Å². The van der Waals surface area contributed by atoms with Crippen LogP contribution in [-0.2, 0) is 22.7 Å². The first-order chi connectivity index (χ1) is 27.3. The van der Waals surface area contributed by atoms with Crippen LogP contribution in [-0.4, -0.2) is 79.3 Å². The van der Waals surface area contributed by atoms with Crippen LogP contribution in [0.4, 0.5) is 29.0 Å². The van der Waals surface area contributed by atoms with Crippen LogP contribution in [0.15, 0.2) is 77.4 Å². The normalized spacial score (nSPS) is 19.3. The predicted octanol–water partition coefficient (Wildman–Crippen LogP) is 7.05. The van der Waals surface area contributed by atoms with E-state index in [9.17, 15) is 14.4 Å². The summed E-state index contributed by atoms with van der Waals surface area (Å²) >= 11 is 3.65. The number of nitrogens with one attached hydrogen (secondary N) is 3. The molecule has 0 spiro atoms. The zero-order chi connectivity index (χ0) is 38.3. The maximum absolute atomic E-state index is 13.3. The molecule has 13 nitrogen and oxygen atoms in total. The minimum Gasteiger partial charge on any atom is -0.371 e. The number of fused-ring (bicyclic) bond motifs is 2. The fourth-order valence-electron chi connectivity index (χ4n) is 8.88. The quantitative estimate of drug-likeness (QED) is 0.126. The van der Waals surface area contributed by atoms with Gasteiger partial charge in [-0.25, -0.2) is 9.97 Å². The fraction of sp³-hybridized carbons (Fsp3) is 0.381. The van der Waals surface area contributed by atoms with Crippen LogP contribution in [0.2, 0.25) is 0 Å². The lowest BCUT2D eigenvalue weighted by atomic mass is 10.0. The first-order valence-corrected chi connectivity index (χ1v) is 20.4. The van der Waals surface area contributed by atoms with Crippen molar-refractivity contribution in [3.05, 3.63) is 94.1 Å². The molecule has 3 aliphatic heterocycles. The molecule has 2 aromatic heterocycles. The number of benzene rings is 3. The lowest BCUT2D eigenvalue weighted by Crippen LogP contribution is -2.52. The molecule has 3 amide bonds. The average molecular weight is 818 g/mol. The standard InChI is InChI=1S/C42H45BrN10O3/c1-50(24-26-21-27-25-52(40(56)37(27)33(43)22-26)35-15-16-36(54)48-39(35)55)30-17-19-51(20-18-30)31-13-11-29(12-14-31)45-41-44-23-34-38(49-41)53(32-9-5-6-10-32)42(47-34)46-28-7-3-2-4-8-28/h2-4,7-8,11-14,21-23,30,32,35H,5-6,9-10,15-20,24-25H2,1H3,(H,46,47)(H,44,45,49)(H,48,54,55). The Morgan fingerprint density at radius 2 is 1.64 bits per heavy atom. The van der Waals surface area contributed by atoms with Gasteiger partial charge in [-0.15, -0.1) is 0 Å². The minimum atomic E-state index is -0.623. The number of nitrogens with zero attached hydrogens (tertiary/aromatic N) is 7. The molecule has 4 aliphatic rings. The van der Waals surface area contributed by atoms with E-state index in [4.69, 9.17) is 9.97 Å². The van der Waals surface area contributed by atoms with Gasteiger partial charge < -0.3 is 20.4 Å². The van der Waals surface area contributed by atoms with E-state index in [1.54, 1.807) is 4.90 Å². The summed E-state index contributed by atoms with van der Waals surface area (Å²) in [5.74, 6) is 0.510. The Morgan fingerprint density at radius 1 is 0.893 bits per heavy atom. The number of hydrogen-bond acceptors (Lipinski definition) is 10. The predicted molar refractivity (Wildman–Crippen MR) is 219 cm³/mol. The molecule has 5 aromatic rings. The number of hydrogen-bond donors (Lipinski definition) is 3. The van der Waals surface area contributed by atoms with E-state index in [0.29, 0.717) is 36.6 Å². The molecule has 2 saturated heterocycles. The highest BCUT2D eigenvalue weighted by Crippen LogP contribution is 2.37. The summed E-state index contributed by atoms with van der Waals surface area (Å²) in [4.78, 5) is 58.5. The number of aromatic nitrogens is 4. The van der Waals surface area contributed by atoms with Crippen molar-refractivity contribution < 1.29 is 14.4 Å². The summed E-state index contributed by atoms with van der Waals surface area (Å²) in [6.07, 6.45) is 9.12. The number of anilines is 5. The molecule has 5 heterocycles. The van der Waals surface area contributed by atoms with Gasteiger partial charge in [-0.3, -0.25) is 29.2 Å². The largest absolute Gasteiger partial charge is 0.371 e. The third kappa shape index (κ3) is 7.23. The van der Waals surface area contributed by atoms with E-state index in [0.717, 1.165) is 89.4 Å². The Labute approximate surface area is 334 Å². The second-order valence-corrected chi connectivity index (χ2v) is 16.3. The summed E-state index contributed by atoms with van der Waals surface area (Å²) in [5.41, 5.74) is 7.39. The fourth-order valence-corrected chi connectivity index (χ4v) is 9.59. The molecule has 0 radical (unpaired) electrons. The number of halogens is 1. The average Bonchev–Trinajstić information content (AvgIpc) is 3.93. The summed E-state index contributed by atoms with van der Waals surface area (Å²) < 4.78 is 3.01. The molecule has 288 valence electrons. The molecular formula is C42H45BrN10O3. The van der Waals surface area contributed by atoms with Gasteiger partial charge in [0, 0.05) is 66.2 Å². The van der Waals surface area contributed by atoms with E-state index in [1.807, 2.05) is 42.6 Å². The topological polar surface area (TPSA) is 141 Å². The maximum Gasteiger partial charge on any atom is 0.256 e. The van der Waals surface area contributed by atoms with Gasteiger partial charge in [0.25, 0.3) is 5.91 Å². The molecule has 3 fully saturated rings. The van der Waals surface area contributed by atoms with Crippen molar-refractivity contribution in [1.82, 2.24) is 34.6 Å². The van der Waals surface area contributed by atoms with Crippen LogP contribution >= 0.6 is 15.9 Å². The number of imidazole rings is 1. The van der Waals surface area contributed by atoms with E-state index in [2.05, 4.69) is 88.6 Å². The number of carbonyl (C=O) groups excluding carboxylic acids is 3. The molecule has 3 N–H and O–H groups in total. The highest BCUT2D eigenvalue weighted by atomic mass is 79.9. The van der Waals surface area contributed by atoms with Crippen molar-refractivity contribution in [1.29, 1.82) is 0 Å². The molecular weight excluding hydrogens is 772 g/mol. The molecule has 1 saturated carbocycles. The number of imide groups is 1. The Balaban J connectivity index is 0.814. The van der Waals surface area contributed by atoms with Gasteiger partial charge in [-0.2, -0.15) is 4.98 Å². The highest BCUT2D eigenvalue weighted by molar-refractivity contribution is 9.10. The molecule has 3 aromatic carbocycles. The lowest BCUT2D eigenvalue weighted by Gasteiger charge is -2.38. The van der Waals surface area contributed by atoms with Crippen LogP contribution < -0.4 is 20.9 Å². The molecule has 1 aliphatic carbocycles. The van der Waals surface area contributed by atoms with Crippen LogP contribution in [0.1, 0.15) is 78.9 Å². The van der Waals surface area contributed by atoms with Crippen molar-refractivity contribution in [3.63, 3.8) is 0 Å². The molecule has 56 heavy (non-hydrogen) atoms. The van der Waals surface area contributed by atoms with Crippen LogP contribution in [0.25, 0.3) is 11.2 Å². The van der Waals surface area contributed by atoms with Gasteiger partial charge in [0.1, 0.15) is 11.6 Å². The lowest BCUT2D eigenvalue weighted by molar-refractivity contribution is -0.136. The van der Waals surface area contributed by atoms with E-state index in [-0.39, 0.29) is 18.2 Å². The zero-order valence-electron chi connectivity index (χ0n) is 31.4. The monoisotopic (exact) mass is 816 g/mol. The summed E-state index contributed by atoms with van der Waals surface area (Å²) in [5, 5.41) is 9.32. The SMILES string of the molecule is CN(Cc1cc(Br)c2c(c1)CN(C1CCC(=O)NC1=O)C2=O)C1CCN(c2ccc(Nc3ncc4nc(Nc5ccccc5)n(C5CCCC5)c4n3)cc2)CC1. The van der Waals surface area contributed by atoms with Crippen molar-refractivity contribution >= 4 is 73.8 Å². The number of amides is 3. The summed E-state index contributed by atoms with van der Waals surface area (Å²) in [7, 11) is 2.17. The van der Waals surface area contributed by atoms with Crippen molar-refractivity contribution in [2.24, 2.45) is 0 Å². The number of rotatable bonds is 10. The van der Waals surface area contributed by atoms with E-state index in [1.165, 1.54) is 18.5 Å². The first-order valence-electron chi connectivity index (χ1n) is 19.6. The summed E-state index contributed by atoms with van der Waals surface area (Å²) in [6, 6.07) is 22.9.